The lowest BCUT2D eigenvalue weighted by Crippen LogP contribution is -2.49. The van der Waals surface area contributed by atoms with E-state index in [2.05, 4.69) is 29.2 Å². The molecule has 0 aliphatic carbocycles. The van der Waals surface area contributed by atoms with Crippen LogP contribution in [0.4, 0.5) is 10.6 Å². The zero-order valence-corrected chi connectivity index (χ0v) is 23.0. The Labute approximate surface area is 234 Å². The van der Waals surface area contributed by atoms with Crippen molar-refractivity contribution in [2.45, 2.75) is 32.2 Å². The lowest BCUT2D eigenvalue weighted by Gasteiger charge is -2.35. The van der Waals surface area contributed by atoms with Crippen LogP contribution in [0.1, 0.15) is 34.7 Å². The number of ether oxygens (including phenoxy) is 1. The molecular formula is C32H35N5O3. The highest BCUT2D eigenvalue weighted by molar-refractivity contribution is 6.02. The SMILES string of the molecule is CN(C(=O)Oc1cccc2ccccc12)c1nc2n(c1C(=O)N1CCN(CCc3ccccc3)CC1)CCCC2. The fraction of sp³-hybridized carbons (Fsp3) is 0.344. The number of imidazole rings is 1. The number of anilines is 1. The lowest BCUT2D eigenvalue weighted by molar-refractivity contribution is 0.0627. The number of aromatic nitrogens is 2. The minimum atomic E-state index is -0.563. The molecular weight excluding hydrogens is 502 g/mol. The summed E-state index contributed by atoms with van der Waals surface area (Å²) in [7, 11) is 1.64. The maximum atomic E-state index is 14.0. The van der Waals surface area contributed by atoms with Crippen LogP contribution in [0.15, 0.2) is 72.8 Å². The van der Waals surface area contributed by atoms with Crippen molar-refractivity contribution in [2.24, 2.45) is 0 Å². The molecule has 1 fully saturated rings. The Morgan fingerprint density at radius 3 is 2.45 bits per heavy atom. The summed E-state index contributed by atoms with van der Waals surface area (Å²) in [5, 5.41) is 1.85. The molecule has 1 saturated heterocycles. The third-order valence-corrected chi connectivity index (χ3v) is 8.02. The maximum Gasteiger partial charge on any atom is 0.420 e. The van der Waals surface area contributed by atoms with E-state index in [9.17, 15) is 9.59 Å². The van der Waals surface area contributed by atoms with Crippen LogP contribution in [-0.2, 0) is 19.4 Å². The van der Waals surface area contributed by atoms with E-state index in [0.29, 0.717) is 30.4 Å². The van der Waals surface area contributed by atoms with Gasteiger partial charge in [0, 0.05) is 58.1 Å². The molecule has 2 amide bonds. The number of piperazine rings is 1. The molecule has 0 saturated carbocycles. The number of hydrogen-bond donors (Lipinski definition) is 0. The number of aryl methyl sites for hydroxylation is 1. The predicted octanol–water partition coefficient (Wildman–Crippen LogP) is 5.01. The van der Waals surface area contributed by atoms with Crippen molar-refractivity contribution >= 4 is 28.6 Å². The average Bonchev–Trinajstić information content (AvgIpc) is 3.40. The second-order valence-electron chi connectivity index (χ2n) is 10.6. The maximum absolute atomic E-state index is 14.0. The largest absolute Gasteiger partial charge is 0.420 e. The van der Waals surface area contributed by atoms with Gasteiger partial charge in [-0.2, -0.15) is 0 Å². The molecule has 40 heavy (non-hydrogen) atoms. The van der Waals surface area contributed by atoms with E-state index in [1.54, 1.807) is 13.1 Å². The van der Waals surface area contributed by atoms with Crippen LogP contribution in [-0.4, -0.2) is 71.1 Å². The Balaban J connectivity index is 1.18. The fourth-order valence-electron chi connectivity index (χ4n) is 5.70. The van der Waals surface area contributed by atoms with Gasteiger partial charge in [-0.15, -0.1) is 0 Å². The highest BCUT2D eigenvalue weighted by Gasteiger charge is 2.33. The second-order valence-corrected chi connectivity index (χ2v) is 10.6. The van der Waals surface area contributed by atoms with Crippen molar-refractivity contribution in [3.8, 4) is 5.75 Å². The summed E-state index contributed by atoms with van der Waals surface area (Å²) < 4.78 is 7.86. The van der Waals surface area contributed by atoms with Crippen molar-refractivity contribution in [1.29, 1.82) is 0 Å². The highest BCUT2D eigenvalue weighted by atomic mass is 16.6. The minimum absolute atomic E-state index is 0.0665. The van der Waals surface area contributed by atoms with Crippen LogP contribution in [0.2, 0.25) is 0 Å². The van der Waals surface area contributed by atoms with E-state index >= 15 is 0 Å². The molecule has 0 spiro atoms. The first-order chi connectivity index (χ1) is 19.6. The Morgan fingerprint density at radius 1 is 0.875 bits per heavy atom. The summed E-state index contributed by atoms with van der Waals surface area (Å²) in [6, 6.07) is 23.9. The summed E-state index contributed by atoms with van der Waals surface area (Å²) >= 11 is 0. The second kappa shape index (κ2) is 11.5. The fourth-order valence-corrected chi connectivity index (χ4v) is 5.70. The summed E-state index contributed by atoms with van der Waals surface area (Å²) in [4.78, 5) is 37.8. The molecule has 1 aromatic heterocycles. The smallest absolute Gasteiger partial charge is 0.409 e. The molecule has 8 heteroatoms. The van der Waals surface area contributed by atoms with Crippen LogP contribution in [0.25, 0.3) is 10.8 Å². The van der Waals surface area contributed by atoms with Gasteiger partial charge in [0.1, 0.15) is 11.6 Å². The number of nitrogens with zero attached hydrogens (tertiary/aromatic N) is 5. The van der Waals surface area contributed by atoms with Gasteiger partial charge in [-0.3, -0.25) is 14.6 Å². The standard InChI is InChI=1S/C32H35N5O3/c1-34(32(39)40-27-15-9-13-25-12-5-6-14-26(25)27)30-29(37-18-8-7-16-28(37)33-30)31(38)36-22-20-35(21-23-36)19-17-24-10-3-2-4-11-24/h2-6,9-15H,7-8,16-23H2,1H3. The van der Waals surface area contributed by atoms with E-state index in [-0.39, 0.29) is 5.91 Å². The van der Waals surface area contributed by atoms with E-state index in [1.807, 2.05) is 51.9 Å². The van der Waals surface area contributed by atoms with Crippen molar-refractivity contribution in [2.75, 3.05) is 44.7 Å². The molecule has 0 N–H and O–H groups in total. The molecule has 6 rings (SSSR count). The first-order valence-corrected chi connectivity index (χ1v) is 14.2. The van der Waals surface area contributed by atoms with Crippen LogP contribution < -0.4 is 9.64 Å². The van der Waals surface area contributed by atoms with E-state index in [1.165, 1.54) is 10.5 Å². The molecule has 8 nitrogen and oxygen atoms in total. The van der Waals surface area contributed by atoms with Crippen molar-refractivity contribution < 1.29 is 14.3 Å². The molecule has 0 bridgehead atoms. The Kier molecular flexibility index (Phi) is 7.51. The van der Waals surface area contributed by atoms with Gasteiger partial charge in [-0.25, -0.2) is 9.78 Å². The van der Waals surface area contributed by atoms with Gasteiger partial charge in [-0.1, -0.05) is 66.7 Å². The van der Waals surface area contributed by atoms with Crippen molar-refractivity contribution in [3.05, 3.63) is 89.9 Å². The molecule has 0 unspecified atom stereocenters. The third kappa shape index (κ3) is 5.31. The molecule has 206 valence electrons. The van der Waals surface area contributed by atoms with Crippen LogP contribution in [0.3, 0.4) is 0 Å². The Hall–Kier alpha value is -4.17. The molecule has 0 radical (unpaired) electrons. The minimum Gasteiger partial charge on any atom is -0.409 e. The quantitative estimate of drug-likeness (QED) is 0.346. The van der Waals surface area contributed by atoms with Gasteiger partial charge in [0.15, 0.2) is 11.5 Å². The number of fused-ring (bicyclic) bond motifs is 2. The highest BCUT2D eigenvalue weighted by Crippen LogP contribution is 2.30. The average molecular weight is 538 g/mol. The topological polar surface area (TPSA) is 70.9 Å². The lowest BCUT2D eigenvalue weighted by atomic mass is 10.1. The predicted molar refractivity (Wildman–Crippen MR) is 156 cm³/mol. The van der Waals surface area contributed by atoms with Crippen LogP contribution in [0, 0.1) is 0 Å². The van der Waals surface area contributed by atoms with Gasteiger partial charge >= 0.3 is 6.09 Å². The summed E-state index contributed by atoms with van der Waals surface area (Å²) in [6.07, 6.45) is 3.24. The monoisotopic (exact) mass is 537 g/mol. The van der Waals surface area contributed by atoms with Gasteiger partial charge in [0.05, 0.1) is 0 Å². The van der Waals surface area contributed by atoms with Crippen molar-refractivity contribution in [1.82, 2.24) is 19.4 Å². The van der Waals surface area contributed by atoms with Crippen LogP contribution >= 0.6 is 0 Å². The molecule has 3 heterocycles. The number of benzene rings is 3. The molecule has 0 atom stereocenters. The molecule has 3 aromatic carbocycles. The number of hydrogen-bond acceptors (Lipinski definition) is 5. The third-order valence-electron chi connectivity index (χ3n) is 8.02. The van der Waals surface area contributed by atoms with Gasteiger partial charge in [-0.05, 0) is 36.3 Å². The zero-order chi connectivity index (χ0) is 27.5. The summed E-state index contributed by atoms with van der Waals surface area (Å²) in [6.45, 7) is 4.66. The van der Waals surface area contributed by atoms with E-state index in [4.69, 9.17) is 9.72 Å². The van der Waals surface area contributed by atoms with E-state index < -0.39 is 6.09 Å². The number of carbonyl (C=O) groups excluding carboxylic acids is 2. The number of carbonyl (C=O) groups is 2. The number of rotatable bonds is 6. The normalized spacial score (nSPS) is 15.6. The van der Waals surface area contributed by atoms with Crippen molar-refractivity contribution in [3.63, 3.8) is 0 Å². The first-order valence-electron chi connectivity index (χ1n) is 14.2. The molecule has 4 aromatic rings. The summed E-state index contributed by atoms with van der Waals surface area (Å²) in [5.74, 6) is 1.65. The van der Waals surface area contributed by atoms with Gasteiger partial charge < -0.3 is 14.2 Å². The van der Waals surface area contributed by atoms with E-state index in [0.717, 1.165) is 68.5 Å². The van der Waals surface area contributed by atoms with Gasteiger partial charge in [0.2, 0.25) is 0 Å². The first kappa shape index (κ1) is 26.1. The Morgan fingerprint density at radius 2 is 1.62 bits per heavy atom. The number of amides is 2. The van der Waals surface area contributed by atoms with Crippen LogP contribution in [0.5, 0.6) is 5.75 Å². The Bertz CT molecular complexity index is 1500. The summed E-state index contributed by atoms with van der Waals surface area (Å²) in [5.41, 5.74) is 1.82. The zero-order valence-electron chi connectivity index (χ0n) is 23.0. The molecule has 2 aliphatic heterocycles. The molecule has 2 aliphatic rings. The van der Waals surface area contributed by atoms with Gasteiger partial charge in [0.25, 0.3) is 5.91 Å².